The number of rotatable bonds is 4. The fourth-order valence-corrected chi connectivity index (χ4v) is 4.00. The molecule has 1 aromatic rings. The molecule has 114 valence electrons. The Morgan fingerprint density at radius 3 is 2.57 bits per heavy atom. The van der Waals surface area contributed by atoms with Gasteiger partial charge in [0.15, 0.2) is 0 Å². The molecule has 1 aliphatic rings. The average molecular weight is 372 g/mol. The Morgan fingerprint density at radius 1 is 1.29 bits per heavy atom. The van der Waals surface area contributed by atoms with E-state index in [1.54, 1.807) is 18.2 Å². The maximum atomic E-state index is 12.4. The standard InChI is InChI=1S/C15H18BrNO3S/c1-10(14(18)17-7-3-2-4-8-17)21-13-9-11(16)5-6-12(13)15(19)20/h5-6,9-10H,2-4,7-8H2,1H3,(H,19,20). The van der Waals surface area contributed by atoms with Crippen LogP contribution in [-0.2, 0) is 4.79 Å². The van der Waals surface area contributed by atoms with Gasteiger partial charge in [-0.1, -0.05) is 15.9 Å². The third-order valence-corrected chi connectivity index (χ3v) is 5.13. The zero-order valence-electron chi connectivity index (χ0n) is 11.8. The topological polar surface area (TPSA) is 57.6 Å². The number of likely N-dealkylation sites (tertiary alicyclic amines) is 1. The second-order valence-corrected chi connectivity index (χ2v) is 7.39. The molecule has 1 atom stereocenters. The van der Waals surface area contributed by atoms with Gasteiger partial charge in [0.2, 0.25) is 5.91 Å². The van der Waals surface area contributed by atoms with Crippen molar-refractivity contribution in [3.05, 3.63) is 28.2 Å². The number of nitrogens with zero attached hydrogens (tertiary/aromatic N) is 1. The molecule has 21 heavy (non-hydrogen) atoms. The van der Waals surface area contributed by atoms with Crippen LogP contribution >= 0.6 is 27.7 Å². The van der Waals surface area contributed by atoms with Crippen LogP contribution in [0.1, 0.15) is 36.5 Å². The van der Waals surface area contributed by atoms with E-state index in [1.807, 2.05) is 11.8 Å². The number of amides is 1. The normalized spacial score (nSPS) is 16.6. The molecule has 0 aromatic heterocycles. The summed E-state index contributed by atoms with van der Waals surface area (Å²) in [6, 6.07) is 5.02. The van der Waals surface area contributed by atoms with Crippen LogP contribution in [0.4, 0.5) is 0 Å². The Hall–Kier alpha value is -1.01. The van der Waals surface area contributed by atoms with Gasteiger partial charge in [-0.3, -0.25) is 4.79 Å². The van der Waals surface area contributed by atoms with Gasteiger partial charge in [0.05, 0.1) is 10.8 Å². The monoisotopic (exact) mass is 371 g/mol. The van der Waals surface area contributed by atoms with Gasteiger partial charge in [-0.15, -0.1) is 11.8 Å². The summed E-state index contributed by atoms with van der Waals surface area (Å²) in [7, 11) is 0. The Bertz CT molecular complexity index is 544. The van der Waals surface area contributed by atoms with E-state index in [-0.39, 0.29) is 16.7 Å². The van der Waals surface area contributed by atoms with E-state index in [1.165, 1.54) is 18.2 Å². The first-order valence-electron chi connectivity index (χ1n) is 6.97. The van der Waals surface area contributed by atoms with Crippen molar-refractivity contribution in [2.75, 3.05) is 13.1 Å². The minimum atomic E-state index is -0.970. The molecular weight excluding hydrogens is 354 g/mol. The number of piperidine rings is 1. The number of aromatic carboxylic acids is 1. The van der Waals surface area contributed by atoms with Gasteiger partial charge >= 0.3 is 5.97 Å². The molecule has 1 amide bonds. The fourth-order valence-electron chi connectivity index (χ4n) is 2.38. The van der Waals surface area contributed by atoms with Crippen LogP contribution in [0.5, 0.6) is 0 Å². The summed E-state index contributed by atoms with van der Waals surface area (Å²) in [4.78, 5) is 26.2. The molecule has 0 bridgehead atoms. The van der Waals surface area contributed by atoms with Crippen molar-refractivity contribution in [3.8, 4) is 0 Å². The van der Waals surface area contributed by atoms with Gasteiger partial charge < -0.3 is 10.0 Å². The van der Waals surface area contributed by atoms with Gasteiger partial charge in [0.25, 0.3) is 0 Å². The fraction of sp³-hybridized carbons (Fsp3) is 0.467. The Labute approximate surface area is 137 Å². The zero-order chi connectivity index (χ0) is 15.4. The number of halogens is 1. The van der Waals surface area contributed by atoms with Gasteiger partial charge in [0.1, 0.15) is 0 Å². The SMILES string of the molecule is CC(Sc1cc(Br)ccc1C(=O)O)C(=O)N1CCCCC1. The first-order chi connectivity index (χ1) is 9.99. The van der Waals surface area contributed by atoms with Crippen molar-refractivity contribution in [2.24, 2.45) is 0 Å². The van der Waals surface area contributed by atoms with Crippen molar-refractivity contribution in [1.82, 2.24) is 4.90 Å². The highest BCUT2D eigenvalue weighted by Gasteiger charge is 2.24. The second kappa shape index (κ2) is 7.31. The average Bonchev–Trinajstić information content (AvgIpc) is 2.47. The molecule has 4 nitrogen and oxygen atoms in total. The van der Waals surface area contributed by atoms with Crippen molar-refractivity contribution in [1.29, 1.82) is 0 Å². The van der Waals surface area contributed by atoms with Crippen molar-refractivity contribution in [3.63, 3.8) is 0 Å². The molecule has 1 aromatic carbocycles. The third kappa shape index (κ3) is 4.23. The number of carbonyl (C=O) groups excluding carboxylic acids is 1. The minimum Gasteiger partial charge on any atom is -0.478 e. The van der Waals surface area contributed by atoms with Crippen molar-refractivity contribution >= 4 is 39.6 Å². The smallest absolute Gasteiger partial charge is 0.336 e. The molecule has 1 heterocycles. The van der Waals surface area contributed by atoms with E-state index in [4.69, 9.17) is 0 Å². The molecule has 0 saturated carbocycles. The largest absolute Gasteiger partial charge is 0.478 e. The summed E-state index contributed by atoms with van der Waals surface area (Å²) < 4.78 is 0.813. The highest BCUT2D eigenvalue weighted by Crippen LogP contribution is 2.31. The number of carbonyl (C=O) groups is 2. The summed E-state index contributed by atoms with van der Waals surface area (Å²) in [6.07, 6.45) is 3.29. The van der Waals surface area contributed by atoms with Gasteiger partial charge in [-0.05, 0) is 44.4 Å². The number of carboxylic acids is 1. The van der Waals surface area contributed by atoms with Crippen LogP contribution in [-0.4, -0.2) is 40.2 Å². The van der Waals surface area contributed by atoms with E-state index in [9.17, 15) is 14.7 Å². The van der Waals surface area contributed by atoms with E-state index < -0.39 is 5.97 Å². The lowest BCUT2D eigenvalue weighted by Gasteiger charge is -2.29. The molecule has 1 unspecified atom stereocenters. The second-order valence-electron chi connectivity index (χ2n) is 5.09. The number of thioether (sulfide) groups is 1. The summed E-state index contributed by atoms with van der Waals surface area (Å²) in [5, 5.41) is 8.95. The van der Waals surface area contributed by atoms with Gasteiger partial charge in [-0.2, -0.15) is 0 Å². The van der Waals surface area contributed by atoms with Crippen LogP contribution < -0.4 is 0 Å². The number of hydrogen-bond donors (Lipinski definition) is 1. The number of carboxylic acid groups (broad SMARTS) is 1. The van der Waals surface area contributed by atoms with E-state index in [2.05, 4.69) is 15.9 Å². The van der Waals surface area contributed by atoms with Crippen LogP contribution in [0.25, 0.3) is 0 Å². The highest BCUT2D eigenvalue weighted by molar-refractivity contribution is 9.10. The Morgan fingerprint density at radius 2 is 1.95 bits per heavy atom. The maximum absolute atomic E-state index is 12.4. The van der Waals surface area contributed by atoms with Crippen molar-refractivity contribution in [2.45, 2.75) is 36.3 Å². The minimum absolute atomic E-state index is 0.0935. The number of benzene rings is 1. The van der Waals surface area contributed by atoms with E-state index >= 15 is 0 Å². The quantitative estimate of drug-likeness (QED) is 0.820. The molecular formula is C15H18BrNO3S. The first-order valence-corrected chi connectivity index (χ1v) is 8.64. The Kier molecular flexibility index (Phi) is 5.70. The molecule has 1 saturated heterocycles. The molecule has 0 aliphatic carbocycles. The molecule has 1 aliphatic heterocycles. The predicted molar refractivity (Wildman–Crippen MR) is 86.9 cm³/mol. The third-order valence-electron chi connectivity index (χ3n) is 3.49. The first kappa shape index (κ1) is 16.4. The maximum Gasteiger partial charge on any atom is 0.336 e. The summed E-state index contributed by atoms with van der Waals surface area (Å²) >= 11 is 4.66. The van der Waals surface area contributed by atoms with Crippen LogP contribution in [0.3, 0.4) is 0 Å². The zero-order valence-corrected chi connectivity index (χ0v) is 14.2. The van der Waals surface area contributed by atoms with E-state index in [0.29, 0.717) is 4.90 Å². The summed E-state index contributed by atoms with van der Waals surface area (Å²) in [5.41, 5.74) is 0.237. The molecule has 0 radical (unpaired) electrons. The van der Waals surface area contributed by atoms with Gasteiger partial charge in [0, 0.05) is 22.5 Å². The molecule has 2 rings (SSSR count). The van der Waals surface area contributed by atoms with E-state index in [0.717, 1.165) is 30.4 Å². The van der Waals surface area contributed by atoms with Crippen molar-refractivity contribution < 1.29 is 14.7 Å². The number of hydrogen-bond acceptors (Lipinski definition) is 3. The molecule has 1 fully saturated rings. The summed E-state index contributed by atoms with van der Waals surface area (Å²) in [6.45, 7) is 3.47. The predicted octanol–water partition coefficient (Wildman–Crippen LogP) is 3.64. The molecule has 6 heteroatoms. The van der Waals surface area contributed by atoms with Crippen LogP contribution in [0.2, 0.25) is 0 Å². The lowest BCUT2D eigenvalue weighted by molar-refractivity contribution is -0.131. The van der Waals surface area contributed by atoms with Gasteiger partial charge in [-0.25, -0.2) is 4.79 Å². The van der Waals surface area contributed by atoms with Crippen LogP contribution in [0.15, 0.2) is 27.6 Å². The summed E-state index contributed by atoms with van der Waals surface area (Å²) in [5.74, 6) is -0.876. The molecule has 1 N–H and O–H groups in total. The molecule has 0 spiro atoms. The lowest BCUT2D eigenvalue weighted by atomic mass is 10.1. The lowest BCUT2D eigenvalue weighted by Crippen LogP contribution is -2.40. The highest BCUT2D eigenvalue weighted by atomic mass is 79.9. The Balaban J connectivity index is 2.11. The van der Waals surface area contributed by atoms with Crippen LogP contribution in [0, 0.1) is 0 Å².